The van der Waals surface area contributed by atoms with Crippen LogP contribution in [0.2, 0.25) is 0 Å². The van der Waals surface area contributed by atoms with E-state index in [4.69, 9.17) is 2.74 Å². The third-order valence-electron chi connectivity index (χ3n) is 8.88. The van der Waals surface area contributed by atoms with E-state index in [2.05, 4.69) is 30.3 Å². The summed E-state index contributed by atoms with van der Waals surface area (Å²) >= 11 is 0. The Hall–Kier alpha value is -5.98. The minimum atomic E-state index is -0.384. The van der Waals surface area contributed by atoms with E-state index in [1.807, 2.05) is 109 Å². The second kappa shape index (κ2) is 10.9. The monoisotopic (exact) mass is 589 g/mol. The Bertz CT molecular complexity index is 2950. The molecular weight excluding hydrogens is 553 g/mol. The molecule has 0 N–H and O–H groups in total. The average molecular weight is 590 g/mol. The molecule has 46 heavy (non-hydrogen) atoms. The summed E-state index contributed by atoms with van der Waals surface area (Å²) in [6.45, 7) is 0. The van der Waals surface area contributed by atoms with Gasteiger partial charge in [0, 0.05) is 0 Å². The Morgan fingerprint density at radius 3 is 1.76 bits per heavy atom. The van der Waals surface area contributed by atoms with Gasteiger partial charge >= 0.3 is 0 Å². The SMILES string of the molecule is [2H]c1c([2H])c([2H])c2c(-c3cccc4ccccc34)c3c([2H])c([2H])c(-c4ccccc4)c([2H])c3c(-c3ccc(-c4ccc5ccccc5c4)cc3)c2c1[2H]. The molecule has 9 aromatic rings. The molecule has 0 fully saturated rings. The van der Waals surface area contributed by atoms with Gasteiger partial charge in [-0.25, -0.2) is 0 Å². The molecule has 0 nitrogen and oxygen atoms in total. The van der Waals surface area contributed by atoms with Crippen LogP contribution < -0.4 is 0 Å². The maximum atomic E-state index is 9.88. The summed E-state index contributed by atoms with van der Waals surface area (Å²) in [6, 6.07) is 43.7. The molecule has 0 heteroatoms. The maximum Gasteiger partial charge on any atom is 0.0636 e. The van der Waals surface area contributed by atoms with Gasteiger partial charge in [0.15, 0.2) is 0 Å². The summed E-state index contributed by atoms with van der Waals surface area (Å²) in [7, 11) is 0. The quantitative estimate of drug-likeness (QED) is 0.179. The van der Waals surface area contributed by atoms with Gasteiger partial charge in [-0.15, -0.1) is 0 Å². The minimum absolute atomic E-state index is 0.0246. The molecule has 0 spiro atoms. The van der Waals surface area contributed by atoms with Crippen molar-refractivity contribution in [3.05, 3.63) is 182 Å². The lowest BCUT2D eigenvalue weighted by Gasteiger charge is -2.20. The van der Waals surface area contributed by atoms with Crippen LogP contribution in [-0.2, 0) is 0 Å². The fourth-order valence-corrected chi connectivity index (χ4v) is 6.67. The van der Waals surface area contributed by atoms with Crippen LogP contribution in [0.15, 0.2) is 182 Å². The van der Waals surface area contributed by atoms with Gasteiger partial charge in [0.1, 0.15) is 0 Å². The largest absolute Gasteiger partial charge is 0.0636 e. The van der Waals surface area contributed by atoms with Crippen molar-refractivity contribution in [2.45, 2.75) is 0 Å². The highest BCUT2D eigenvalue weighted by atomic mass is 14.2. The van der Waals surface area contributed by atoms with Gasteiger partial charge in [0.25, 0.3) is 0 Å². The van der Waals surface area contributed by atoms with E-state index in [0.29, 0.717) is 44.2 Å². The van der Waals surface area contributed by atoms with Gasteiger partial charge in [-0.2, -0.15) is 0 Å². The number of fused-ring (bicyclic) bond motifs is 4. The van der Waals surface area contributed by atoms with Crippen molar-refractivity contribution in [2.24, 2.45) is 0 Å². The zero-order valence-electron chi connectivity index (χ0n) is 31.8. The third kappa shape index (κ3) is 4.38. The van der Waals surface area contributed by atoms with E-state index in [1.54, 1.807) is 0 Å². The Morgan fingerprint density at radius 2 is 0.935 bits per heavy atom. The molecule has 0 aliphatic carbocycles. The van der Waals surface area contributed by atoms with Gasteiger partial charge in [-0.1, -0.05) is 170 Å². The maximum absolute atomic E-state index is 9.88. The van der Waals surface area contributed by atoms with Gasteiger partial charge < -0.3 is 0 Å². The van der Waals surface area contributed by atoms with Crippen molar-refractivity contribution in [1.29, 1.82) is 0 Å². The molecule has 9 rings (SSSR count). The number of benzene rings is 9. The first kappa shape index (κ1) is 20.1. The average Bonchev–Trinajstić information content (AvgIpc) is 3.20. The molecule has 0 unspecified atom stereocenters. The predicted octanol–water partition coefficient (Wildman–Crippen LogP) is 13.0. The van der Waals surface area contributed by atoms with Crippen LogP contribution in [0.4, 0.5) is 0 Å². The molecule has 0 aromatic heterocycles. The van der Waals surface area contributed by atoms with Crippen molar-refractivity contribution >= 4 is 43.1 Å². The Labute approximate surface area is 278 Å². The normalized spacial score (nSPS) is 13.6. The van der Waals surface area contributed by atoms with E-state index in [9.17, 15) is 6.85 Å². The van der Waals surface area contributed by atoms with Gasteiger partial charge in [-0.3, -0.25) is 0 Å². The lowest BCUT2D eigenvalue weighted by molar-refractivity contribution is 1.62. The number of rotatable bonds is 4. The van der Waals surface area contributed by atoms with Gasteiger partial charge in [0.05, 0.1) is 9.60 Å². The summed E-state index contributed by atoms with van der Waals surface area (Å²) in [4.78, 5) is 0. The second-order valence-corrected chi connectivity index (χ2v) is 11.5. The molecule has 0 aliphatic rings. The molecule has 0 saturated heterocycles. The van der Waals surface area contributed by atoms with Crippen molar-refractivity contribution in [3.8, 4) is 44.5 Å². The Kier molecular flexibility index (Phi) is 4.76. The van der Waals surface area contributed by atoms with E-state index in [-0.39, 0.29) is 53.1 Å². The van der Waals surface area contributed by atoms with Crippen LogP contribution in [0.3, 0.4) is 0 Å². The van der Waals surface area contributed by atoms with Crippen LogP contribution in [0, 0.1) is 0 Å². The van der Waals surface area contributed by atoms with E-state index >= 15 is 0 Å². The molecule has 0 heterocycles. The van der Waals surface area contributed by atoms with E-state index in [0.717, 1.165) is 32.7 Å². The minimum Gasteiger partial charge on any atom is -0.0622 e. The van der Waals surface area contributed by atoms with Gasteiger partial charge in [0.2, 0.25) is 0 Å². The highest BCUT2D eigenvalue weighted by Gasteiger charge is 2.19. The zero-order chi connectivity index (χ0) is 36.5. The fourth-order valence-electron chi connectivity index (χ4n) is 6.67. The zero-order valence-corrected chi connectivity index (χ0v) is 24.8. The summed E-state index contributed by atoms with van der Waals surface area (Å²) in [5.74, 6) is 0. The topological polar surface area (TPSA) is 0 Å². The Morgan fingerprint density at radius 1 is 0.326 bits per heavy atom. The summed E-state index contributed by atoms with van der Waals surface area (Å²) < 4.78 is 65.4. The first-order valence-corrected chi connectivity index (χ1v) is 15.4. The standard InChI is InChI=1S/C46H30/c1-2-11-31(12-3-1)38-27-28-43-44(30-38)45(35-24-21-33(22-25-35)37-26-23-32-13-4-5-15-36(32)29-37)41-18-8-9-19-42(41)46(43)40-20-10-16-34-14-6-7-17-39(34)40/h1-30H/i8D,9D,18D,19D,27D,28D,30D. The summed E-state index contributed by atoms with van der Waals surface area (Å²) in [6.07, 6.45) is 0. The van der Waals surface area contributed by atoms with Crippen molar-refractivity contribution in [3.63, 3.8) is 0 Å². The van der Waals surface area contributed by atoms with Crippen molar-refractivity contribution in [1.82, 2.24) is 0 Å². The first-order chi connectivity index (χ1) is 25.7. The van der Waals surface area contributed by atoms with Crippen LogP contribution in [0.5, 0.6) is 0 Å². The smallest absolute Gasteiger partial charge is 0.0622 e. The number of hydrogen-bond donors (Lipinski definition) is 0. The second-order valence-electron chi connectivity index (χ2n) is 11.5. The predicted molar refractivity (Wildman–Crippen MR) is 198 cm³/mol. The van der Waals surface area contributed by atoms with Gasteiger partial charge in [-0.05, 0) is 99.7 Å². The molecule has 0 atom stereocenters. The van der Waals surface area contributed by atoms with Crippen molar-refractivity contribution in [2.75, 3.05) is 0 Å². The molecule has 0 aliphatic heterocycles. The highest BCUT2D eigenvalue weighted by Crippen LogP contribution is 2.46. The fraction of sp³-hybridized carbons (Fsp3) is 0. The van der Waals surface area contributed by atoms with Crippen LogP contribution >= 0.6 is 0 Å². The van der Waals surface area contributed by atoms with Crippen LogP contribution in [-0.4, -0.2) is 0 Å². The summed E-state index contributed by atoms with van der Waals surface area (Å²) in [5.41, 5.74) is 5.07. The van der Waals surface area contributed by atoms with Crippen LogP contribution in [0.25, 0.3) is 87.6 Å². The lowest BCUT2D eigenvalue weighted by Crippen LogP contribution is -1.92. The molecular formula is C46H30. The summed E-state index contributed by atoms with van der Waals surface area (Å²) in [5, 5.41) is 5.22. The highest BCUT2D eigenvalue weighted by molar-refractivity contribution is 6.24. The molecule has 0 radical (unpaired) electrons. The van der Waals surface area contributed by atoms with E-state index in [1.165, 1.54) is 0 Å². The first-order valence-electron chi connectivity index (χ1n) is 18.9. The molecule has 0 bridgehead atoms. The van der Waals surface area contributed by atoms with Crippen molar-refractivity contribution < 1.29 is 9.60 Å². The van der Waals surface area contributed by atoms with E-state index < -0.39 is 0 Å². The molecule has 0 saturated carbocycles. The molecule has 0 amide bonds. The Balaban J connectivity index is 1.47. The molecule has 214 valence electrons. The lowest BCUT2D eigenvalue weighted by atomic mass is 9.83. The van der Waals surface area contributed by atoms with Crippen LogP contribution in [0.1, 0.15) is 9.60 Å². The number of hydrogen-bond acceptors (Lipinski definition) is 0. The molecule has 9 aromatic carbocycles. The third-order valence-corrected chi connectivity index (χ3v) is 8.88.